The van der Waals surface area contributed by atoms with Crippen LogP contribution in [0.3, 0.4) is 0 Å². The van der Waals surface area contributed by atoms with Crippen molar-refractivity contribution in [2.75, 3.05) is 35.5 Å². The molecule has 11 heteroatoms. The van der Waals surface area contributed by atoms with E-state index >= 15 is 0 Å². The molecule has 204 valence electrons. The Hall–Kier alpha value is -3.31. The monoisotopic (exact) mass is 544 g/mol. The highest BCUT2D eigenvalue weighted by molar-refractivity contribution is 7.94. The molecule has 38 heavy (non-hydrogen) atoms. The zero-order chi connectivity index (χ0) is 27.7. The highest BCUT2D eigenvalue weighted by atomic mass is 32.2. The zero-order valence-corrected chi connectivity index (χ0v) is 23.1. The Labute approximate surface area is 222 Å². The Balaban J connectivity index is 1.51. The number of hydrogen-bond donors (Lipinski definition) is 3. The fourth-order valence-electron chi connectivity index (χ4n) is 4.13. The minimum atomic E-state index is -3.82. The Kier molecular flexibility index (Phi) is 7.89. The van der Waals surface area contributed by atoms with Gasteiger partial charge in [-0.3, -0.25) is 4.72 Å². The molecule has 0 aliphatic carbocycles. The summed E-state index contributed by atoms with van der Waals surface area (Å²) in [4.78, 5) is 11.0. The third kappa shape index (κ3) is 6.39. The third-order valence-corrected chi connectivity index (χ3v) is 8.77. The van der Waals surface area contributed by atoms with Gasteiger partial charge >= 0.3 is 0 Å². The average molecular weight is 545 g/mol. The van der Waals surface area contributed by atoms with Gasteiger partial charge in [-0.15, -0.1) is 0 Å². The number of benzene rings is 2. The quantitative estimate of drug-likeness (QED) is 0.341. The van der Waals surface area contributed by atoms with Gasteiger partial charge in [0.1, 0.15) is 17.5 Å². The molecule has 8 nitrogen and oxygen atoms in total. The summed E-state index contributed by atoms with van der Waals surface area (Å²) in [5, 5.41) is 6.13. The van der Waals surface area contributed by atoms with Gasteiger partial charge in [0.15, 0.2) is 0 Å². The van der Waals surface area contributed by atoms with E-state index in [1.807, 2.05) is 12.1 Å². The van der Waals surface area contributed by atoms with Gasteiger partial charge in [-0.05, 0) is 102 Å². The number of sulfonamides is 1. The van der Waals surface area contributed by atoms with Crippen molar-refractivity contribution < 1.29 is 17.2 Å². The lowest BCUT2D eigenvalue weighted by Gasteiger charge is -2.29. The van der Waals surface area contributed by atoms with Crippen LogP contribution in [0.2, 0.25) is 0 Å². The molecule has 1 aliphatic heterocycles. The predicted molar refractivity (Wildman–Crippen MR) is 148 cm³/mol. The molecule has 1 aromatic heterocycles. The second-order valence-electron chi connectivity index (χ2n) is 10.7. The molecule has 3 N–H and O–H groups in total. The lowest BCUT2D eigenvalue weighted by atomic mass is 9.89. The number of nitrogens with one attached hydrogen (secondary N) is 3. The molecule has 4 rings (SSSR count). The van der Waals surface area contributed by atoms with E-state index in [2.05, 4.69) is 37.3 Å². The predicted octanol–water partition coefficient (Wildman–Crippen LogP) is 5.90. The first-order valence-corrected chi connectivity index (χ1v) is 14.0. The number of anilines is 5. The molecule has 2 aromatic carbocycles. The van der Waals surface area contributed by atoms with E-state index in [0.717, 1.165) is 31.5 Å². The Bertz CT molecular complexity index is 1420. The van der Waals surface area contributed by atoms with Crippen LogP contribution in [0.5, 0.6) is 0 Å². The maximum atomic E-state index is 14.9. The first kappa shape index (κ1) is 27.7. The molecule has 0 saturated carbocycles. The summed E-state index contributed by atoms with van der Waals surface area (Å²) in [6, 6.07) is 9.12. The Morgan fingerprint density at radius 1 is 0.974 bits per heavy atom. The SMILES string of the molecule is Cc1cnc(Nc2ccc(C3CCN(C)CC3)c(F)c2)nc1Nc1ccc(F)c(NS(=O)(=O)C(C)(C)C)c1. The highest BCUT2D eigenvalue weighted by Crippen LogP contribution is 2.32. The topological polar surface area (TPSA) is 99.2 Å². The largest absolute Gasteiger partial charge is 0.340 e. The van der Waals surface area contributed by atoms with Crippen molar-refractivity contribution >= 4 is 38.9 Å². The summed E-state index contributed by atoms with van der Waals surface area (Å²) in [5.41, 5.74) is 2.22. The third-order valence-electron chi connectivity index (χ3n) is 6.67. The van der Waals surface area contributed by atoms with E-state index in [1.165, 1.54) is 45.0 Å². The smallest absolute Gasteiger partial charge is 0.237 e. The van der Waals surface area contributed by atoms with Crippen molar-refractivity contribution in [1.82, 2.24) is 14.9 Å². The molecule has 3 aromatic rings. The van der Waals surface area contributed by atoms with Crippen molar-refractivity contribution in [1.29, 1.82) is 0 Å². The maximum absolute atomic E-state index is 14.9. The molecule has 0 radical (unpaired) electrons. The van der Waals surface area contributed by atoms with Crippen LogP contribution >= 0.6 is 0 Å². The number of likely N-dealkylation sites (tertiary alicyclic amines) is 1. The average Bonchev–Trinajstić information content (AvgIpc) is 2.83. The van der Waals surface area contributed by atoms with Crippen LogP contribution in [-0.4, -0.2) is 48.2 Å². The van der Waals surface area contributed by atoms with Crippen LogP contribution in [0, 0.1) is 18.6 Å². The van der Waals surface area contributed by atoms with Gasteiger partial charge in [0.05, 0.1) is 10.4 Å². The first-order valence-electron chi connectivity index (χ1n) is 12.5. The number of piperidine rings is 1. The van der Waals surface area contributed by atoms with Crippen LogP contribution in [0.25, 0.3) is 0 Å². The molecular weight excluding hydrogens is 510 g/mol. The van der Waals surface area contributed by atoms with Crippen molar-refractivity contribution in [3.63, 3.8) is 0 Å². The first-order chi connectivity index (χ1) is 17.8. The molecule has 1 fully saturated rings. The van der Waals surface area contributed by atoms with Gasteiger partial charge in [-0.1, -0.05) is 6.07 Å². The van der Waals surface area contributed by atoms with E-state index in [4.69, 9.17) is 0 Å². The summed E-state index contributed by atoms with van der Waals surface area (Å²) >= 11 is 0. The summed E-state index contributed by atoms with van der Waals surface area (Å²) in [6.07, 6.45) is 3.46. The summed E-state index contributed by atoms with van der Waals surface area (Å²) in [6.45, 7) is 8.30. The summed E-state index contributed by atoms with van der Waals surface area (Å²) < 4.78 is 55.6. The van der Waals surface area contributed by atoms with Crippen LogP contribution in [0.15, 0.2) is 42.6 Å². The van der Waals surface area contributed by atoms with Crippen molar-refractivity contribution in [3.8, 4) is 0 Å². The van der Waals surface area contributed by atoms with Gasteiger partial charge in [0.25, 0.3) is 0 Å². The van der Waals surface area contributed by atoms with E-state index < -0.39 is 20.6 Å². The molecule has 0 bridgehead atoms. The Morgan fingerprint density at radius 3 is 2.29 bits per heavy atom. The van der Waals surface area contributed by atoms with E-state index in [0.29, 0.717) is 22.8 Å². The fraction of sp³-hybridized carbons (Fsp3) is 0.407. The van der Waals surface area contributed by atoms with Crippen LogP contribution in [0.4, 0.5) is 37.6 Å². The van der Waals surface area contributed by atoms with E-state index in [9.17, 15) is 17.2 Å². The second-order valence-corrected chi connectivity index (χ2v) is 13.1. The van der Waals surface area contributed by atoms with Crippen molar-refractivity contribution in [2.24, 2.45) is 0 Å². The molecular formula is C27H34F2N6O2S. The van der Waals surface area contributed by atoms with Crippen molar-refractivity contribution in [2.45, 2.75) is 51.2 Å². The molecule has 0 unspecified atom stereocenters. The second kappa shape index (κ2) is 10.8. The normalized spacial score (nSPS) is 15.3. The standard InChI is InChI=1S/C27H34F2N6O2S/c1-17-16-30-26(32-19-6-8-21(23(29)14-19)18-10-12-35(5)13-11-18)33-25(17)31-20-7-9-22(28)24(15-20)34-38(36,37)27(2,3)4/h6-9,14-16,18,34H,10-13H2,1-5H3,(H2,30,31,32,33). The lowest BCUT2D eigenvalue weighted by molar-refractivity contribution is 0.253. The molecule has 0 amide bonds. The molecule has 1 aliphatic rings. The number of aromatic nitrogens is 2. The molecule has 2 heterocycles. The summed E-state index contributed by atoms with van der Waals surface area (Å²) in [5.74, 6) is -0.0648. The zero-order valence-electron chi connectivity index (χ0n) is 22.3. The highest BCUT2D eigenvalue weighted by Gasteiger charge is 2.29. The van der Waals surface area contributed by atoms with Crippen molar-refractivity contribution in [3.05, 3.63) is 65.4 Å². The number of aryl methyl sites for hydroxylation is 1. The minimum Gasteiger partial charge on any atom is -0.340 e. The van der Waals surface area contributed by atoms with Crippen LogP contribution in [-0.2, 0) is 10.0 Å². The number of nitrogens with zero attached hydrogens (tertiary/aromatic N) is 3. The van der Waals surface area contributed by atoms with Gasteiger partial charge in [0.2, 0.25) is 16.0 Å². The molecule has 0 atom stereocenters. The lowest BCUT2D eigenvalue weighted by Crippen LogP contribution is -2.34. The number of halogens is 2. The van der Waals surface area contributed by atoms with Gasteiger partial charge in [0, 0.05) is 23.1 Å². The van der Waals surface area contributed by atoms with E-state index in [1.54, 1.807) is 13.1 Å². The van der Waals surface area contributed by atoms with E-state index in [-0.39, 0.29) is 23.4 Å². The maximum Gasteiger partial charge on any atom is 0.237 e. The molecule has 0 spiro atoms. The van der Waals surface area contributed by atoms with Gasteiger partial charge in [-0.25, -0.2) is 22.2 Å². The Morgan fingerprint density at radius 2 is 1.63 bits per heavy atom. The number of rotatable bonds is 7. The number of hydrogen-bond acceptors (Lipinski definition) is 7. The summed E-state index contributed by atoms with van der Waals surface area (Å²) in [7, 11) is -1.74. The van der Waals surface area contributed by atoms with Crippen LogP contribution in [0.1, 0.15) is 50.7 Å². The molecule has 1 saturated heterocycles. The van der Waals surface area contributed by atoms with Gasteiger partial charge in [-0.2, -0.15) is 4.98 Å². The minimum absolute atomic E-state index is 0.171. The van der Waals surface area contributed by atoms with Crippen LogP contribution < -0.4 is 15.4 Å². The van der Waals surface area contributed by atoms with Gasteiger partial charge < -0.3 is 15.5 Å². The fourth-order valence-corrected chi connectivity index (χ4v) is 4.88.